The summed E-state index contributed by atoms with van der Waals surface area (Å²) in [6.07, 6.45) is 4.80. The Hall–Kier alpha value is -5.57. The van der Waals surface area contributed by atoms with Gasteiger partial charge in [0, 0.05) is 51.6 Å². The molecule has 2 unspecified atom stereocenters. The zero-order chi connectivity index (χ0) is 38.6. The fourth-order valence-corrected chi connectivity index (χ4v) is 4.44. The zero-order valence-electron chi connectivity index (χ0n) is 29.7. The van der Waals surface area contributed by atoms with Crippen LogP contribution in [0.1, 0.15) is 46.4 Å². The van der Waals surface area contributed by atoms with Crippen molar-refractivity contribution < 1.29 is 51.2 Å². The predicted octanol–water partition coefficient (Wildman–Crippen LogP) is 4.93. The van der Waals surface area contributed by atoms with Crippen LogP contribution in [0.15, 0.2) is 118 Å². The Morgan fingerprint density at radius 2 is 0.943 bits per heavy atom. The van der Waals surface area contributed by atoms with Crippen molar-refractivity contribution in [2.24, 2.45) is 31.9 Å². The summed E-state index contributed by atoms with van der Waals surface area (Å²) in [5, 5.41) is 51.3. The van der Waals surface area contributed by atoms with E-state index in [1.54, 1.807) is 24.3 Å². The number of azo groups is 2. The van der Waals surface area contributed by atoms with Crippen molar-refractivity contribution in [3.05, 3.63) is 118 Å². The topological polar surface area (TPSA) is 252 Å². The molecule has 0 radical (unpaired) electrons. The Morgan fingerprint density at radius 3 is 1.21 bits per heavy atom. The summed E-state index contributed by atoms with van der Waals surface area (Å²) in [5.74, 6) is -2.45. The van der Waals surface area contributed by atoms with Crippen LogP contribution in [0, 0.1) is 10.1 Å². The number of rotatable bonds is 8. The van der Waals surface area contributed by atoms with E-state index in [2.05, 4.69) is 20.5 Å². The summed E-state index contributed by atoms with van der Waals surface area (Å²) in [4.78, 5) is 33.8. The van der Waals surface area contributed by atoms with Crippen molar-refractivity contribution in [3.8, 4) is 0 Å². The molecule has 4 aromatic carbocycles. The largest absolute Gasteiger partial charge is 4.00 e. The number of carbonyl (C=O) groups excluding carboxylic acids is 2. The molecule has 1 saturated carbocycles. The molecule has 1 aliphatic carbocycles. The van der Waals surface area contributed by atoms with Crippen molar-refractivity contribution >= 4 is 46.1 Å². The van der Waals surface area contributed by atoms with Gasteiger partial charge in [0.1, 0.15) is 0 Å². The number of carboxylic acid groups (broad SMARTS) is 2. The molecular weight excluding hydrogens is 866 g/mol. The quantitative estimate of drug-likeness (QED) is 0.121. The van der Waals surface area contributed by atoms with Gasteiger partial charge < -0.3 is 46.3 Å². The van der Waals surface area contributed by atoms with E-state index in [1.807, 2.05) is 86.5 Å². The van der Waals surface area contributed by atoms with Crippen molar-refractivity contribution in [3.63, 3.8) is 0 Å². The molecule has 282 valence electrons. The molecule has 0 amide bonds. The maximum Gasteiger partial charge on any atom is 4.00 e. The second-order valence-electron chi connectivity index (χ2n) is 11.7. The zero-order valence-corrected chi connectivity index (χ0v) is 32.0. The maximum absolute atomic E-state index is 10.7. The van der Waals surface area contributed by atoms with Crippen LogP contribution in [-0.4, -0.2) is 62.5 Å². The molecule has 0 heterocycles. The fourth-order valence-electron chi connectivity index (χ4n) is 4.44. The van der Waals surface area contributed by atoms with Gasteiger partial charge in [-0.1, -0.05) is 37.1 Å². The summed E-state index contributed by atoms with van der Waals surface area (Å²) in [6, 6.07) is 28.0. The first kappa shape index (κ1) is 45.4. The molecule has 1 fully saturated rings. The molecule has 0 spiro atoms. The molecule has 5 rings (SSSR count). The first-order valence-electron chi connectivity index (χ1n) is 16.0. The van der Waals surface area contributed by atoms with Gasteiger partial charge >= 0.3 is 21.1 Å². The molecule has 5 N–H and O–H groups in total. The number of anilines is 2. The molecule has 16 nitrogen and oxygen atoms in total. The van der Waals surface area contributed by atoms with Gasteiger partial charge in [-0.3, -0.25) is 0 Å². The van der Waals surface area contributed by atoms with Gasteiger partial charge in [0.2, 0.25) is 0 Å². The fraction of sp³-hybridized carbons (Fsp3) is 0.278. The van der Waals surface area contributed by atoms with E-state index in [0.29, 0.717) is 22.7 Å². The van der Waals surface area contributed by atoms with Crippen LogP contribution in [0.4, 0.5) is 34.1 Å². The van der Waals surface area contributed by atoms with Crippen LogP contribution in [0.2, 0.25) is 0 Å². The molecule has 0 saturated heterocycles. The number of benzene rings is 4. The standard InChI is InChI=1S/2C15H15N3O2.C6H14N2.HNO3.Pt/c2*1-18(2)14-8-6-12(7-9-14)16-17-13-5-3-4-11(10-13)15(19)20;7-5-3-1-2-4-6(5)8;2-1(3)4;/h2*3-10H,1-2H3,(H,19,20);5-6H,1-4,7-8H2;(H,2,3,4);/q;;;;+4/p-2. The van der Waals surface area contributed by atoms with Crippen LogP contribution >= 0.6 is 0 Å². The Balaban J connectivity index is 0.000000401. The third-order valence-corrected chi connectivity index (χ3v) is 7.33. The number of nitrogens with zero attached hydrogens (tertiary/aromatic N) is 7. The summed E-state index contributed by atoms with van der Waals surface area (Å²) < 4.78 is 0. The maximum atomic E-state index is 10.7. The van der Waals surface area contributed by atoms with Crippen LogP contribution < -0.4 is 31.5 Å². The van der Waals surface area contributed by atoms with E-state index in [1.165, 1.54) is 37.1 Å². The number of nitrogens with two attached hydrogens (primary N) is 2. The van der Waals surface area contributed by atoms with Gasteiger partial charge in [0.25, 0.3) is 5.09 Å². The van der Waals surface area contributed by atoms with E-state index < -0.39 is 17.0 Å². The van der Waals surface area contributed by atoms with Gasteiger partial charge in [0.15, 0.2) is 0 Å². The van der Waals surface area contributed by atoms with Crippen LogP contribution in [0.25, 0.3) is 0 Å². The minimum absolute atomic E-state index is 0. The predicted molar refractivity (Wildman–Crippen MR) is 195 cm³/mol. The van der Waals surface area contributed by atoms with Crippen LogP contribution in [0.3, 0.4) is 0 Å². The van der Waals surface area contributed by atoms with Crippen molar-refractivity contribution in [2.45, 2.75) is 37.8 Å². The molecule has 2 atom stereocenters. The average molecular weight is 909 g/mol. The monoisotopic (exact) mass is 908 g/mol. The summed E-state index contributed by atoms with van der Waals surface area (Å²) in [6.45, 7) is 0. The smallest absolute Gasteiger partial charge is 0.545 e. The molecule has 0 bridgehead atoms. The molecule has 53 heavy (non-hydrogen) atoms. The van der Waals surface area contributed by atoms with Crippen molar-refractivity contribution in [1.82, 2.24) is 0 Å². The van der Waals surface area contributed by atoms with E-state index in [4.69, 9.17) is 26.8 Å². The van der Waals surface area contributed by atoms with Crippen LogP contribution in [-0.2, 0) is 21.1 Å². The van der Waals surface area contributed by atoms with Gasteiger partial charge in [-0.2, -0.15) is 20.5 Å². The first-order chi connectivity index (χ1) is 24.7. The van der Waals surface area contributed by atoms with Crippen molar-refractivity contribution in [1.29, 1.82) is 0 Å². The molecule has 17 heteroatoms. The average Bonchev–Trinajstić information content (AvgIpc) is 3.12. The molecule has 0 aliphatic heterocycles. The van der Waals surface area contributed by atoms with E-state index in [0.717, 1.165) is 24.2 Å². The second-order valence-corrected chi connectivity index (χ2v) is 11.7. The summed E-state index contributed by atoms with van der Waals surface area (Å²) in [7, 11) is 7.84. The Morgan fingerprint density at radius 1 is 0.642 bits per heavy atom. The molecule has 4 aromatic rings. The number of carboxylic acids is 2. The van der Waals surface area contributed by atoms with Gasteiger partial charge in [-0.15, -0.1) is 10.1 Å². The van der Waals surface area contributed by atoms with Crippen LogP contribution in [0.5, 0.6) is 0 Å². The van der Waals surface area contributed by atoms with Gasteiger partial charge in [0.05, 0.1) is 34.7 Å². The minimum Gasteiger partial charge on any atom is -0.545 e. The number of carbonyl (C=O) groups is 2. The first-order valence-corrected chi connectivity index (χ1v) is 16.0. The SMILES string of the molecule is CN(C)c1ccc(N=Nc2cccc(C(=O)[O-])c2)cc1.CN(C)c1ccc(N=Nc2cccc(C(=O)[O-])c2)cc1.NC1CCCCC1N.O=[N+]([O-])O.[Pt+4]. The Labute approximate surface area is 322 Å². The second kappa shape index (κ2) is 23.8. The summed E-state index contributed by atoms with van der Waals surface area (Å²) >= 11 is 0. The third-order valence-electron chi connectivity index (χ3n) is 7.33. The minimum atomic E-state index is -1.50. The summed E-state index contributed by atoms with van der Waals surface area (Å²) in [5.41, 5.74) is 16.0. The third kappa shape index (κ3) is 18.0. The molecular formula is C36H43N9O7Pt+2. The van der Waals surface area contributed by atoms with Gasteiger partial charge in [-0.05, 0) is 96.8 Å². The van der Waals surface area contributed by atoms with E-state index in [9.17, 15) is 19.8 Å². The number of hydrogen-bond acceptors (Lipinski definition) is 14. The number of hydrogen-bond donors (Lipinski definition) is 3. The Bertz CT molecular complexity index is 1660. The molecule has 0 aromatic heterocycles. The Kier molecular flexibility index (Phi) is 20.4. The molecule has 1 aliphatic rings. The normalized spacial score (nSPS) is 14.5. The van der Waals surface area contributed by atoms with E-state index in [-0.39, 0.29) is 44.3 Å². The van der Waals surface area contributed by atoms with Gasteiger partial charge in [-0.25, -0.2) is 0 Å². The van der Waals surface area contributed by atoms with E-state index >= 15 is 0 Å². The number of aromatic carboxylic acids is 2. The van der Waals surface area contributed by atoms with Crippen molar-refractivity contribution in [2.75, 3.05) is 38.0 Å².